The van der Waals surface area contributed by atoms with Crippen LogP contribution in [0, 0.1) is 0 Å². The molecule has 2 aromatic carbocycles. The van der Waals surface area contributed by atoms with Crippen LogP contribution in [0.4, 0.5) is 0 Å². The number of halogens is 1. The molecule has 2 aromatic rings. The third kappa shape index (κ3) is 4.24. The molecule has 25 heavy (non-hydrogen) atoms. The summed E-state index contributed by atoms with van der Waals surface area (Å²) in [6.07, 6.45) is 2.53. The zero-order valence-corrected chi connectivity index (χ0v) is 16.0. The van der Waals surface area contributed by atoms with Crippen LogP contribution in [-0.4, -0.2) is 28.8 Å². The van der Waals surface area contributed by atoms with E-state index in [-0.39, 0.29) is 5.91 Å². The van der Waals surface area contributed by atoms with E-state index < -0.39 is 0 Å². The Hall–Kier alpha value is -1.82. The summed E-state index contributed by atoms with van der Waals surface area (Å²) in [4.78, 5) is 14.9. The zero-order valence-electron chi connectivity index (χ0n) is 13.6. The number of carbonyl (C=O) groups is 1. The Labute approximate surface area is 161 Å². The third-order valence-corrected chi connectivity index (χ3v) is 5.57. The molecule has 1 aliphatic heterocycles. The van der Waals surface area contributed by atoms with Crippen LogP contribution in [0.1, 0.15) is 11.1 Å². The largest absolute Gasteiger partial charge is 0.497 e. The number of hydrogen-bond acceptors (Lipinski definition) is 4. The third-order valence-electron chi connectivity index (χ3n) is 3.85. The molecule has 1 aliphatic rings. The lowest BCUT2D eigenvalue weighted by atomic mass is 10.1. The first kappa shape index (κ1) is 18.0. The predicted octanol–water partition coefficient (Wildman–Crippen LogP) is 4.79. The molecule has 1 amide bonds. The molecule has 1 fully saturated rings. The molecule has 0 bridgehead atoms. The molecule has 3 nitrogen and oxygen atoms in total. The Bertz CT molecular complexity index is 834. The summed E-state index contributed by atoms with van der Waals surface area (Å²) in [5.41, 5.74) is 1.95. The van der Waals surface area contributed by atoms with Gasteiger partial charge in [0.05, 0.1) is 12.0 Å². The van der Waals surface area contributed by atoms with Crippen LogP contribution in [-0.2, 0) is 11.2 Å². The summed E-state index contributed by atoms with van der Waals surface area (Å²) >= 11 is 12.9. The van der Waals surface area contributed by atoms with Crippen LogP contribution in [0.2, 0.25) is 5.02 Å². The van der Waals surface area contributed by atoms with E-state index in [1.54, 1.807) is 24.2 Å². The number of amides is 1. The van der Waals surface area contributed by atoms with Crippen molar-refractivity contribution in [2.24, 2.45) is 0 Å². The van der Waals surface area contributed by atoms with Gasteiger partial charge in [-0.1, -0.05) is 65.9 Å². The summed E-state index contributed by atoms with van der Waals surface area (Å²) in [6, 6.07) is 15.3. The van der Waals surface area contributed by atoms with E-state index in [1.807, 2.05) is 42.5 Å². The van der Waals surface area contributed by atoms with Gasteiger partial charge in [-0.05, 0) is 41.8 Å². The number of hydrogen-bond donors (Lipinski definition) is 0. The Balaban J connectivity index is 1.70. The van der Waals surface area contributed by atoms with Crippen LogP contribution in [0.3, 0.4) is 0 Å². The van der Waals surface area contributed by atoms with E-state index in [4.69, 9.17) is 28.6 Å². The zero-order chi connectivity index (χ0) is 17.8. The second kappa shape index (κ2) is 8.04. The first-order chi connectivity index (χ1) is 12.1. The van der Waals surface area contributed by atoms with E-state index in [1.165, 1.54) is 11.8 Å². The summed E-state index contributed by atoms with van der Waals surface area (Å²) < 4.78 is 5.74. The van der Waals surface area contributed by atoms with Gasteiger partial charge in [-0.3, -0.25) is 9.69 Å². The standard InChI is InChI=1S/C19H16ClNO2S2/c1-23-15-8-6-13(7-9-15)10-11-21-18(22)17(25-19(21)24)12-14-4-2-3-5-16(14)20/h2-9,12H,10-11H2,1H3. The number of methoxy groups -OCH3 is 1. The highest BCUT2D eigenvalue weighted by atomic mass is 35.5. The molecule has 1 heterocycles. The minimum Gasteiger partial charge on any atom is -0.497 e. The topological polar surface area (TPSA) is 29.5 Å². The minimum atomic E-state index is -0.0663. The average molecular weight is 390 g/mol. The highest BCUT2D eigenvalue weighted by Gasteiger charge is 2.31. The second-order valence-corrected chi connectivity index (χ2v) is 7.54. The van der Waals surface area contributed by atoms with E-state index in [0.29, 0.717) is 20.8 Å². The molecule has 3 rings (SSSR count). The van der Waals surface area contributed by atoms with E-state index in [9.17, 15) is 4.79 Å². The van der Waals surface area contributed by atoms with E-state index >= 15 is 0 Å². The highest BCUT2D eigenvalue weighted by molar-refractivity contribution is 8.26. The Morgan fingerprint density at radius 1 is 1.20 bits per heavy atom. The van der Waals surface area contributed by atoms with Crippen LogP contribution < -0.4 is 4.74 Å². The van der Waals surface area contributed by atoms with Gasteiger partial charge in [-0.2, -0.15) is 0 Å². The molecule has 128 valence electrons. The van der Waals surface area contributed by atoms with Gasteiger partial charge in [0.1, 0.15) is 10.1 Å². The summed E-state index contributed by atoms with van der Waals surface area (Å²) in [7, 11) is 1.64. The number of thioether (sulfide) groups is 1. The molecule has 0 aliphatic carbocycles. The lowest BCUT2D eigenvalue weighted by Crippen LogP contribution is -2.30. The molecule has 0 aromatic heterocycles. The van der Waals surface area contributed by atoms with Crippen molar-refractivity contribution in [3.8, 4) is 5.75 Å². The van der Waals surface area contributed by atoms with Crippen LogP contribution in [0.5, 0.6) is 5.75 Å². The van der Waals surface area contributed by atoms with Gasteiger partial charge < -0.3 is 4.74 Å². The molecule has 0 radical (unpaired) electrons. The Morgan fingerprint density at radius 3 is 2.60 bits per heavy atom. The van der Waals surface area contributed by atoms with Crippen molar-refractivity contribution in [1.82, 2.24) is 4.90 Å². The molecular formula is C19H16ClNO2S2. The number of ether oxygens (including phenoxy) is 1. The van der Waals surface area contributed by atoms with Crippen LogP contribution >= 0.6 is 35.6 Å². The summed E-state index contributed by atoms with van der Waals surface area (Å²) in [6.45, 7) is 0.552. The average Bonchev–Trinajstić information content (AvgIpc) is 2.89. The number of rotatable bonds is 5. The molecule has 0 atom stereocenters. The van der Waals surface area contributed by atoms with Gasteiger partial charge in [0.25, 0.3) is 5.91 Å². The maximum atomic E-state index is 12.6. The van der Waals surface area contributed by atoms with Crippen LogP contribution in [0.15, 0.2) is 53.4 Å². The fraction of sp³-hybridized carbons (Fsp3) is 0.158. The highest BCUT2D eigenvalue weighted by Crippen LogP contribution is 2.33. The smallest absolute Gasteiger partial charge is 0.266 e. The van der Waals surface area contributed by atoms with Gasteiger partial charge in [-0.15, -0.1) is 0 Å². The first-order valence-electron chi connectivity index (χ1n) is 7.71. The normalized spacial score (nSPS) is 15.9. The van der Waals surface area contributed by atoms with Crippen molar-refractivity contribution in [1.29, 1.82) is 0 Å². The maximum Gasteiger partial charge on any atom is 0.266 e. The van der Waals surface area contributed by atoms with Gasteiger partial charge in [0.15, 0.2) is 0 Å². The molecule has 0 spiro atoms. The van der Waals surface area contributed by atoms with E-state index in [2.05, 4.69) is 0 Å². The van der Waals surface area contributed by atoms with Crippen molar-refractivity contribution in [3.05, 3.63) is 69.6 Å². The Morgan fingerprint density at radius 2 is 1.92 bits per heavy atom. The number of nitrogens with zero attached hydrogens (tertiary/aromatic N) is 1. The van der Waals surface area contributed by atoms with Gasteiger partial charge in [0.2, 0.25) is 0 Å². The van der Waals surface area contributed by atoms with Crippen molar-refractivity contribution >= 4 is 51.9 Å². The first-order valence-corrected chi connectivity index (χ1v) is 9.31. The fourth-order valence-corrected chi connectivity index (χ4v) is 3.95. The maximum absolute atomic E-state index is 12.6. The van der Waals surface area contributed by atoms with Crippen LogP contribution in [0.25, 0.3) is 6.08 Å². The van der Waals surface area contributed by atoms with E-state index in [0.717, 1.165) is 23.3 Å². The predicted molar refractivity (Wildman–Crippen MR) is 108 cm³/mol. The van der Waals surface area contributed by atoms with Gasteiger partial charge >= 0.3 is 0 Å². The lowest BCUT2D eigenvalue weighted by Gasteiger charge is -2.14. The SMILES string of the molecule is COc1ccc(CCN2C(=O)C(=Cc3ccccc3Cl)SC2=S)cc1. The van der Waals surface area contributed by atoms with Gasteiger partial charge in [-0.25, -0.2) is 0 Å². The molecule has 1 saturated heterocycles. The number of benzene rings is 2. The molecule has 6 heteroatoms. The quantitative estimate of drug-likeness (QED) is 0.543. The molecule has 0 saturated carbocycles. The minimum absolute atomic E-state index is 0.0663. The summed E-state index contributed by atoms with van der Waals surface area (Å²) in [5, 5.41) is 0.617. The molecule has 0 unspecified atom stereocenters. The van der Waals surface area contributed by atoms with Crippen molar-refractivity contribution in [2.75, 3.05) is 13.7 Å². The fourth-order valence-electron chi connectivity index (χ4n) is 2.46. The van der Waals surface area contributed by atoms with Crippen molar-refractivity contribution in [2.45, 2.75) is 6.42 Å². The van der Waals surface area contributed by atoms with Crippen molar-refractivity contribution in [3.63, 3.8) is 0 Å². The van der Waals surface area contributed by atoms with Crippen molar-refractivity contribution < 1.29 is 9.53 Å². The molecular weight excluding hydrogens is 374 g/mol. The number of carbonyl (C=O) groups excluding carboxylic acids is 1. The Kier molecular flexibility index (Phi) is 5.78. The number of thiocarbonyl (C=S) groups is 1. The monoisotopic (exact) mass is 389 g/mol. The second-order valence-electron chi connectivity index (χ2n) is 5.45. The molecule has 0 N–H and O–H groups in total. The van der Waals surface area contributed by atoms with Gasteiger partial charge in [0, 0.05) is 11.6 Å². The lowest BCUT2D eigenvalue weighted by molar-refractivity contribution is -0.122. The summed E-state index contributed by atoms with van der Waals surface area (Å²) in [5.74, 6) is 0.750.